The van der Waals surface area contributed by atoms with E-state index in [9.17, 15) is 0 Å². The van der Waals surface area contributed by atoms with Crippen molar-refractivity contribution in [2.45, 2.75) is 46.4 Å². The SMILES string of the molecule is CCOC(C)(C)C#C/C=C/CN(CC)Cc1cccc(OCc2cccc(-c3ccsc3)c2)c1. The topological polar surface area (TPSA) is 21.7 Å². The van der Waals surface area contributed by atoms with Crippen LogP contribution in [0.4, 0.5) is 0 Å². The van der Waals surface area contributed by atoms with Crippen LogP contribution in [0.2, 0.25) is 0 Å². The van der Waals surface area contributed by atoms with E-state index in [2.05, 4.69) is 89.0 Å². The molecule has 0 radical (unpaired) electrons. The number of rotatable bonds is 11. The summed E-state index contributed by atoms with van der Waals surface area (Å²) in [5.74, 6) is 7.16. The maximum atomic E-state index is 6.13. The summed E-state index contributed by atoms with van der Waals surface area (Å²) in [6, 6.07) is 19.1. The lowest BCUT2D eigenvalue weighted by Crippen LogP contribution is -2.23. The van der Waals surface area contributed by atoms with E-state index in [1.165, 1.54) is 22.3 Å². The van der Waals surface area contributed by atoms with E-state index in [-0.39, 0.29) is 0 Å². The molecule has 3 aromatic rings. The monoisotopic (exact) mass is 473 g/mol. The van der Waals surface area contributed by atoms with Gasteiger partial charge in [0.15, 0.2) is 0 Å². The van der Waals surface area contributed by atoms with Crippen LogP contribution in [0.5, 0.6) is 5.75 Å². The average molecular weight is 474 g/mol. The number of ether oxygens (including phenoxy) is 2. The summed E-state index contributed by atoms with van der Waals surface area (Å²) < 4.78 is 11.7. The molecule has 0 spiro atoms. The second-order valence-electron chi connectivity index (χ2n) is 8.59. The predicted octanol–water partition coefficient (Wildman–Crippen LogP) is 7.19. The Balaban J connectivity index is 1.54. The van der Waals surface area contributed by atoms with Crippen LogP contribution in [0.3, 0.4) is 0 Å². The molecule has 34 heavy (non-hydrogen) atoms. The minimum atomic E-state index is -0.408. The van der Waals surface area contributed by atoms with Crippen molar-refractivity contribution in [1.82, 2.24) is 4.90 Å². The number of hydrogen-bond acceptors (Lipinski definition) is 4. The Kier molecular flexibility index (Phi) is 9.97. The fourth-order valence-corrected chi connectivity index (χ4v) is 4.27. The predicted molar refractivity (Wildman–Crippen MR) is 144 cm³/mol. The molecular weight excluding hydrogens is 438 g/mol. The summed E-state index contributed by atoms with van der Waals surface area (Å²) >= 11 is 1.72. The Labute approximate surface area is 209 Å². The minimum Gasteiger partial charge on any atom is -0.489 e. The molecule has 2 aromatic carbocycles. The fourth-order valence-electron chi connectivity index (χ4n) is 3.61. The van der Waals surface area contributed by atoms with Gasteiger partial charge in [0, 0.05) is 19.7 Å². The third-order valence-corrected chi connectivity index (χ3v) is 6.07. The summed E-state index contributed by atoms with van der Waals surface area (Å²) in [6.45, 7) is 12.0. The van der Waals surface area contributed by atoms with Gasteiger partial charge in [-0.25, -0.2) is 0 Å². The Bertz CT molecular complexity index is 1110. The first-order chi connectivity index (χ1) is 16.5. The van der Waals surface area contributed by atoms with Crippen LogP contribution in [0.25, 0.3) is 11.1 Å². The second kappa shape index (κ2) is 13.2. The molecule has 1 aromatic heterocycles. The standard InChI is InChI=1S/C30H35NO2S/c1-5-31(18-9-7-8-17-30(3,4)33-6-2)22-25-12-11-15-29(21-25)32-23-26-13-10-14-27(20-26)28-16-19-34-24-28/h7,9-16,19-21,24H,5-6,18,22-23H2,1-4H3/b9-7+. The van der Waals surface area contributed by atoms with Crippen molar-refractivity contribution in [2.24, 2.45) is 0 Å². The smallest absolute Gasteiger partial charge is 0.123 e. The van der Waals surface area contributed by atoms with Crippen LogP contribution in [-0.4, -0.2) is 30.2 Å². The van der Waals surface area contributed by atoms with Crippen molar-refractivity contribution >= 4 is 11.3 Å². The first kappa shape index (κ1) is 25.8. The molecule has 1 heterocycles. The molecular formula is C30H35NO2S. The van der Waals surface area contributed by atoms with Gasteiger partial charge < -0.3 is 9.47 Å². The van der Waals surface area contributed by atoms with Crippen LogP contribution in [-0.2, 0) is 17.9 Å². The second-order valence-corrected chi connectivity index (χ2v) is 9.37. The molecule has 0 fully saturated rings. The Morgan fingerprint density at radius 2 is 1.82 bits per heavy atom. The Morgan fingerprint density at radius 3 is 2.59 bits per heavy atom. The van der Waals surface area contributed by atoms with Gasteiger partial charge in [0.05, 0.1) is 0 Å². The lowest BCUT2D eigenvalue weighted by molar-refractivity contribution is 0.0362. The van der Waals surface area contributed by atoms with Crippen LogP contribution < -0.4 is 4.74 Å². The number of allylic oxidation sites excluding steroid dienone is 1. The molecule has 4 heteroatoms. The highest BCUT2D eigenvalue weighted by Gasteiger charge is 2.12. The lowest BCUT2D eigenvalue weighted by atomic mass is 10.1. The number of benzene rings is 2. The van der Waals surface area contributed by atoms with Crippen LogP contribution >= 0.6 is 11.3 Å². The summed E-state index contributed by atoms with van der Waals surface area (Å²) in [7, 11) is 0. The largest absolute Gasteiger partial charge is 0.489 e. The highest BCUT2D eigenvalue weighted by Crippen LogP contribution is 2.24. The molecule has 0 N–H and O–H groups in total. The molecule has 178 valence electrons. The van der Waals surface area contributed by atoms with E-state index in [0.29, 0.717) is 13.2 Å². The van der Waals surface area contributed by atoms with Crippen molar-refractivity contribution in [3.63, 3.8) is 0 Å². The van der Waals surface area contributed by atoms with Gasteiger partial charge in [0.25, 0.3) is 0 Å². The molecule has 0 amide bonds. The summed E-state index contributed by atoms with van der Waals surface area (Å²) in [5.41, 5.74) is 4.49. The maximum Gasteiger partial charge on any atom is 0.123 e. The number of nitrogens with zero attached hydrogens (tertiary/aromatic N) is 1. The van der Waals surface area contributed by atoms with E-state index in [1.54, 1.807) is 11.3 Å². The van der Waals surface area contributed by atoms with Gasteiger partial charge in [0.1, 0.15) is 18.0 Å². The Morgan fingerprint density at radius 1 is 1.00 bits per heavy atom. The zero-order valence-corrected chi connectivity index (χ0v) is 21.5. The Hall–Kier alpha value is -2.84. The van der Waals surface area contributed by atoms with E-state index < -0.39 is 5.60 Å². The van der Waals surface area contributed by atoms with Crippen LogP contribution in [0.15, 0.2) is 77.5 Å². The molecule has 0 unspecified atom stereocenters. The van der Waals surface area contributed by atoms with E-state index >= 15 is 0 Å². The lowest BCUT2D eigenvalue weighted by Gasteiger charge is -2.19. The van der Waals surface area contributed by atoms with E-state index in [0.717, 1.165) is 25.4 Å². The zero-order valence-electron chi connectivity index (χ0n) is 20.7. The highest BCUT2D eigenvalue weighted by molar-refractivity contribution is 7.08. The normalized spacial score (nSPS) is 11.6. The summed E-state index contributed by atoms with van der Waals surface area (Å²) in [5, 5.41) is 4.28. The van der Waals surface area contributed by atoms with Crippen molar-refractivity contribution in [2.75, 3.05) is 19.7 Å². The average Bonchev–Trinajstić information content (AvgIpc) is 3.37. The molecule has 0 aliphatic carbocycles. The van der Waals surface area contributed by atoms with Gasteiger partial charge in [-0.15, -0.1) is 0 Å². The van der Waals surface area contributed by atoms with Crippen LogP contribution in [0, 0.1) is 11.8 Å². The number of likely N-dealkylation sites (N-methyl/N-ethyl adjacent to an activating group) is 1. The molecule has 3 rings (SSSR count). The molecule has 0 saturated carbocycles. The number of hydrogen-bond donors (Lipinski definition) is 0. The van der Waals surface area contributed by atoms with Crippen molar-refractivity contribution in [3.8, 4) is 28.7 Å². The quantitative estimate of drug-likeness (QED) is 0.275. The van der Waals surface area contributed by atoms with Gasteiger partial charge in [-0.05, 0) is 90.7 Å². The van der Waals surface area contributed by atoms with Gasteiger partial charge in [-0.3, -0.25) is 4.90 Å². The molecule has 0 aliphatic heterocycles. The fraction of sp³-hybridized carbons (Fsp3) is 0.333. The van der Waals surface area contributed by atoms with Crippen molar-refractivity contribution in [3.05, 3.63) is 88.6 Å². The van der Waals surface area contributed by atoms with Crippen molar-refractivity contribution in [1.29, 1.82) is 0 Å². The number of thiophene rings is 1. The van der Waals surface area contributed by atoms with Gasteiger partial charge >= 0.3 is 0 Å². The summed E-state index contributed by atoms with van der Waals surface area (Å²) in [6.07, 6.45) is 4.03. The molecule has 0 bridgehead atoms. The van der Waals surface area contributed by atoms with Gasteiger partial charge in [-0.2, -0.15) is 11.3 Å². The molecule has 0 atom stereocenters. The molecule has 0 aliphatic rings. The van der Waals surface area contributed by atoms with E-state index in [1.807, 2.05) is 32.9 Å². The first-order valence-corrected chi connectivity index (χ1v) is 12.8. The van der Waals surface area contributed by atoms with Crippen molar-refractivity contribution < 1.29 is 9.47 Å². The van der Waals surface area contributed by atoms with Gasteiger partial charge in [0.2, 0.25) is 0 Å². The zero-order chi connectivity index (χ0) is 24.2. The minimum absolute atomic E-state index is 0.408. The molecule has 0 saturated heterocycles. The van der Waals surface area contributed by atoms with Crippen LogP contribution in [0.1, 0.15) is 38.8 Å². The maximum absolute atomic E-state index is 6.13. The summed E-state index contributed by atoms with van der Waals surface area (Å²) in [4.78, 5) is 2.37. The third-order valence-electron chi connectivity index (χ3n) is 5.38. The van der Waals surface area contributed by atoms with E-state index in [4.69, 9.17) is 9.47 Å². The highest BCUT2D eigenvalue weighted by atomic mass is 32.1. The first-order valence-electron chi connectivity index (χ1n) is 11.9. The molecule has 3 nitrogen and oxygen atoms in total. The van der Waals surface area contributed by atoms with Gasteiger partial charge in [-0.1, -0.05) is 55.2 Å². The third kappa shape index (κ3) is 8.50.